The fourth-order valence-corrected chi connectivity index (χ4v) is 5.03. The maximum atomic E-state index is 2.56. The van der Waals surface area contributed by atoms with Crippen molar-refractivity contribution in [1.82, 2.24) is 0 Å². The summed E-state index contributed by atoms with van der Waals surface area (Å²) in [5.41, 5.74) is 0. The van der Waals surface area contributed by atoms with Crippen molar-refractivity contribution in [2.75, 3.05) is 0 Å². The van der Waals surface area contributed by atoms with Crippen LogP contribution in [0.15, 0.2) is 0 Å². The first-order valence-corrected chi connectivity index (χ1v) is 12.6. The molecule has 0 heterocycles. The van der Waals surface area contributed by atoms with Gasteiger partial charge in [0.15, 0.2) is 0 Å². The van der Waals surface area contributed by atoms with Crippen LogP contribution in [-0.2, 0) is 0 Å². The standard InChI is InChI=1S/3C2H5.CH3.Sb.H/c3*1-2;;;/h3*1H2,2H3;1H3;;. The van der Waals surface area contributed by atoms with Gasteiger partial charge in [-0.05, 0) is 0 Å². The van der Waals surface area contributed by atoms with Crippen LogP contribution in [0.25, 0.3) is 0 Å². The third-order valence-electron chi connectivity index (χ3n) is 2.56. The summed E-state index contributed by atoms with van der Waals surface area (Å²) in [4.78, 5) is 2.56. The molecule has 0 spiro atoms. The first-order valence-electron chi connectivity index (χ1n) is 3.68. The molecule has 0 saturated heterocycles. The van der Waals surface area contributed by atoms with Gasteiger partial charge in [0.05, 0.1) is 0 Å². The molecule has 0 fully saturated rings. The van der Waals surface area contributed by atoms with Gasteiger partial charge in [0, 0.05) is 0 Å². The third-order valence-corrected chi connectivity index (χ3v) is 17.2. The molecule has 0 nitrogen and oxygen atoms in total. The molecule has 1 heteroatoms. The Balaban J connectivity index is 3.58. The van der Waals surface area contributed by atoms with E-state index in [2.05, 4.69) is 25.6 Å². The van der Waals surface area contributed by atoms with Gasteiger partial charge in [-0.15, -0.1) is 0 Å². The van der Waals surface area contributed by atoms with Crippen LogP contribution in [0.5, 0.6) is 0 Å². The molecule has 0 saturated carbocycles. The van der Waals surface area contributed by atoms with Crippen molar-refractivity contribution in [3.05, 3.63) is 0 Å². The van der Waals surface area contributed by atoms with E-state index in [1.54, 1.807) is 0 Å². The Labute approximate surface area is 57.7 Å². The Morgan fingerprint density at radius 1 is 0.875 bits per heavy atom. The monoisotopic (exact) mass is 224 g/mol. The van der Waals surface area contributed by atoms with E-state index >= 15 is 0 Å². The molecule has 0 N–H and O–H groups in total. The Kier molecular flexibility index (Phi) is 4.16. The molecule has 0 atom stereocenters. The minimum atomic E-state index is -1.34. The molecule has 0 unspecified atom stereocenters. The van der Waals surface area contributed by atoms with Crippen molar-refractivity contribution in [3.8, 4) is 0 Å². The van der Waals surface area contributed by atoms with E-state index in [-0.39, 0.29) is 0 Å². The molecule has 0 aliphatic heterocycles. The molecule has 0 aliphatic rings. The molecule has 0 rings (SSSR count). The molecule has 0 aromatic carbocycles. The van der Waals surface area contributed by atoms with Gasteiger partial charge >= 0.3 is 57.5 Å². The molecule has 0 radical (unpaired) electrons. The number of rotatable bonds is 3. The van der Waals surface area contributed by atoms with E-state index in [9.17, 15) is 0 Å². The second kappa shape index (κ2) is 3.77. The zero-order valence-electron chi connectivity index (χ0n) is 6.62. The normalized spacial score (nSPS) is 14.0. The van der Waals surface area contributed by atoms with E-state index in [0.29, 0.717) is 0 Å². The van der Waals surface area contributed by atoms with Crippen LogP contribution in [-0.4, -0.2) is 18.8 Å². The van der Waals surface area contributed by atoms with E-state index in [1.807, 2.05) is 0 Å². The number of hydrogen-bond acceptors (Lipinski definition) is 0. The quantitative estimate of drug-likeness (QED) is 0.647. The summed E-state index contributed by atoms with van der Waals surface area (Å²) in [7, 11) is 0. The van der Waals surface area contributed by atoms with Gasteiger partial charge in [0.25, 0.3) is 0 Å². The third kappa shape index (κ3) is 2.39. The first-order chi connectivity index (χ1) is 3.68. The number of hydrogen-bond donors (Lipinski definition) is 0. The Bertz CT molecular complexity index is 47.1. The predicted molar refractivity (Wildman–Crippen MR) is 44.5 cm³/mol. The van der Waals surface area contributed by atoms with E-state index < -0.39 is 18.8 Å². The molecular weight excluding hydrogens is 206 g/mol. The predicted octanol–water partition coefficient (Wildman–Crippen LogP) is 2.86. The second-order valence-electron chi connectivity index (χ2n) is 2.87. The van der Waals surface area contributed by atoms with E-state index in [0.717, 1.165) is 0 Å². The molecule has 8 heavy (non-hydrogen) atoms. The van der Waals surface area contributed by atoms with Crippen molar-refractivity contribution in [3.63, 3.8) is 0 Å². The fraction of sp³-hybridized carbons (Fsp3) is 1.00. The van der Waals surface area contributed by atoms with Gasteiger partial charge in [0.1, 0.15) is 0 Å². The summed E-state index contributed by atoms with van der Waals surface area (Å²) in [6.45, 7) is 7.09. The van der Waals surface area contributed by atoms with Crippen LogP contribution in [0.2, 0.25) is 18.0 Å². The zero-order chi connectivity index (χ0) is 6.62. The van der Waals surface area contributed by atoms with Crippen LogP contribution >= 0.6 is 0 Å². The molecule has 0 aromatic heterocycles. The van der Waals surface area contributed by atoms with Crippen molar-refractivity contribution >= 4 is 18.8 Å². The molecule has 52 valence electrons. The maximum absolute atomic E-state index is 2.56. The molecular formula is C7H19Sb. The topological polar surface area (TPSA) is 0 Å². The average Bonchev–Trinajstić information content (AvgIpc) is 1.87. The molecule has 0 aromatic rings. The van der Waals surface area contributed by atoms with Crippen LogP contribution < -0.4 is 0 Å². The first kappa shape index (κ1) is 8.82. The van der Waals surface area contributed by atoms with Crippen LogP contribution in [0.3, 0.4) is 0 Å². The van der Waals surface area contributed by atoms with Gasteiger partial charge in [-0.3, -0.25) is 0 Å². The van der Waals surface area contributed by atoms with E-state index in [4.69, 9.17) is 0 Å². The van der Waals surface area contributed by atoms with Crippen LogP contribution in [0.4, 0.5) is 0 Å². The van der Waals surface area contributed by atoms with Crippen LogP contribution in [0.1, 0.15) is 20.8 Å². The summed E-state index contributed by atoms with van der Waals surface area (Å²) in [5, 5.41) is 0. The van der Waals surface area contributed by atoms with Crippen molar-refractivity contribution < 1.29 is 0 Å². The Hall–Kier alpha value is 0.818. The van der Waals surface area contributed by atoms with Gasteiger partial charge in [-0.2, -0.15) is 0 Å². The summed E-state index contributed by atoms with van der Waals surface area (Å²) >= 11 is -1.34. The van der Waals surface area contributed by atoms with Gasteiger partial charge in [-0.1, -0.05) is 0 Å². The summed E-state index contributed by atoms with van der Waals surface area (Å²) in [6, 6.07) is 0. The van der Waals surface area contributed by atoms with Gasteiger partial charge in [0.2, 0.25) is 0 Å². The minimum absolute atomic E-state index is 1.34. The average molecular weight is 225 g/mol. The molecule has 0 amide bonds. The van der Waals surface area contributed by atoms with Gasteiger partial charge in [-0.25, -0.2) is 0 Å². The Morgan fingerprint density at radius 3 is 1.12 bits per heavy atom. The van der Waals surface area contributed by atoms with Crippen molar-refractivity contribution in [2.24, 2.45) is 0 Å². The SMILES string of the molecule is C[CH2][SbH]([CH3])([CH2]C)[CH2]C. The van der Waals surface area contributed by atoms with Gasteiger partial charge < -0.3 is 0 Å². The van der Waals surface area contributed by atoms with Crippen molar-refractivity contribution in [2.45, 2.75) is 38.7 Å². The van der Waals surface area contributed by atoms with Crippen molar-refractivity contribution in [1.29, 1.82) is 0 Å². The summed E-state index contributed by atoms with van der Waals surface area (Å²) in [6.07, 6.45) is 0. The fourth-order valence-electron chi connectivity index (χ4n) is 0.750. The van der Waals surface area contributed by atoms with E-state index in [1.165, 1.54) is 13.1 Å². The molecule has 0 aliphatic carbocycles. The van der Waals surface area contributed by atoms with Crippen LogP contribution in [0, 0.1) is 0 Å². The molecule has 0 bridgehead atoms. The Morgan fingerprint density at radius 2 is 1.12 bits per heavy atom. The summed E-state index contributed by atoms with van der Waals surface area (Å²) < 4.78 is 4.59. The summed E-state index contributed by atoms with van der Waals surface area (Å²) in [5.74, 6) is 0. The zero-order valence-corrected chi connectivity index (χ0v) is 9.48. The second-order valence-corrected chi connectivity index (χ2v) is 19.3.